The lowest BCUT2D eigenvalue weighted by molar-refractivity contribution is -0.0520. The molecule has 0 radical (unpaired) electrons. The molecule has 0 aromatic heterocycles. The van der Waals surface area contributed by atoms with E-state index in [-0.39, 0.29) is 6.10 Å². The molecular formula is C21H35NO. The Morgan fingerprint density at radius 2 is 1.91 bits per heavy atom. The van der Waals surface area contributed by atoms with Gasteiger partial charge in [-0.2, -0.15) is 0 Å². The number of nitrogens with two attached hydrogens (primary N) is 1. The van der Waals surface area contributed by atoms with Crippen molar-refractivity contribution in [1.82, 2.24) is 0 Å². The summed E-state index contributed by atoms with van der Waals surface area (Å²) in [6.07, 6.45) is 12.3. The van der Waals surface area contributed by atoms with Gasteiger partial charge in [-0.1, -0.05) is 25.5 Å². The van der Waals surface area contributed by atoms with Gasteiger partial charge in [0.2, 0.25) is 0 Å². The largest absolute Gasteiger partial charge is 0.393 e. The van der Waals surface area contributed by atoms with E-state index in [9.17, 15) is 5.11 Å². The van der Waals surface area contributed by atoms with Gasteiger partial charge in [-0.3, -0.25) is 0 Å². The van der Waals surface area contributed by atoms with Gasteiger partial charge in [0.25, 0.3) is 0 Å². The Morgan fingerprint density at radius 1 is 1.13 bits per heavy atom. The van der Waals surface area contributed by atoms with Crippen molar-refractivity contribution in [3.05, 3.63) is 11.6 Å². The first kappa shape index (κ1) is 16.1. The topological polar surface area (TPSA) is 46.2 Å². The van der Waals surface area contributed by atoms with Crippen LogP contribution in [0.15, 0.2) is 11.6 Å². The summed E-state index contributed by atoms with van der Waals surface area (Å²) >= 11 is 0. The van der Waals surface area contributed by atoms with Crippen LogP contribution in [-0.2, 0) is 0 Å². The molecule has 0 heterocycles. The fourth-order valence-corrected chi connectivity index (χ4v) is 7.55. The standard InChI is InChI=1S/C21H35NO/c1-13(22)17-6-7-18-16-5-4-14-12-15(23)8-10-20(14,2)19(16)9-11-21(17,18)3/h4,13,15-19,23H,5-12,22H2,1-3H3/t13-,15-,16-,17+,18-,19-,20-,21+/m0/s1. The third-order valence-electron chi connectivity index (χ3n) is 8.79. The van der Waals surface area contributed by atoms with Crippen LogP contribution in [0.3, 0.4) is 0 Å². The fraction of sp³-hybridized carbons (Fsp3) is 0.905. The number of aliphatic hydroxyl groups is 1. The Bertz CT molecular complexity index is 512. The van der Waals surface area contributed by atoms with E-state index in [0.717, 1.165) is 36.5 Å². The zero-order chi connectivity index (χ0) is 16.4. The molecule has 3 fully saturated rings. The van der Waals surface area contributed by atoms with Crippen molar-refractivity contribution in [2.75, 3.05) is 0 Å². The zero-order valence-corrected chi connectivity index (χ0v) is 15.2. The molecule has 4 aliphatic rings. The van der Waals surface area contributed by atoms with Crippen LogP contribution in [0.25, 0.3) is 0 Å². The Balaban J connectivity index is 1.65. The summed E-state index contributed by atoms with van der Waals surface area (Å²) < 4.78 is 0. The van der Waals surface area contributed by atoms with Crippen molar-refractivity contribution in [1.29, 1.82) is 0 Å². The maximum absolute atomic E-state index is 10.1. The Morgan fingerprint density at radius 3 is 2.65 bits per heavy atom. The van der Waals surface area contributed by atoms with Crippen LogP contribution in [0.4, 0.5) is 0 Å². The average Bonchev–Trinajstić information content (AvgIpc) is 2.85. The molecule has 0 aromatic carbocycles. The average molecular weight is 318 g/mol. The summed E-state index contributed by atoms with van der Waals surface area (Å²) in [4.78, 5) is 0. The van der Waals surface area contributed by atoms with E-state index in [4.69, 9.17) is 5.73 Å². The molecule has 8 atom stereocenters. The molecule has 0 unspecified atom stereocenters. The highest BCUT2D eigenvalue weighted by Crippen LogP contribution is 2.66. The second kappa shape index (κ2) is 5.33. The summed E-state index contributed by atoms with van der Waals surface area (Å²) in [5, 5.41) is 10.1. The summed E-state index contributed by atoms with van der Waals surface area (Å²) in [6, 6.07) is 0.344. The van der Waals surface area contributed by atoms with Crippen molar-refractivity contribution in [2.45, 2.75) is 84.3 Å². The molecule has 0 spiro atoms. The molecule has 4 aliphatic carbocycles. The van der Waals surface area contributed by atoms with Gasteiger partial charge in [0.1, 0.15) is 0 Å². The van der Waals surface area contributed by atoms with Gasteiger partial charge in [-0.25, -0.2) is 0 Å². The predicted molar refractivity (Wildman–Crippen MR) is 94.8 cm³/mol. The van der Waals surface area contributed by atoms with Crippen LogP contribution in [-0.4, -0.2) is 17.3 Å². The smallest absolute Gasteiger partial charge is 0.0577 e. The van der Waals surface area contributed by atoms with Gasteiger partial charge in [0.15, 0.2) is 0 Å². The molecule has 2 heteroatoms. The van der Waals surface area contributed by atoms with E-state index in [0.29, 0.717) is 16.9 Å². The van der Waals surface area contributed by atoms with E-state index in [1.54, 1.807) is 5.57 Å². The Kier molecular flexibility index (Phi) is 3.74. The molecule has 2 nitrogen and oxygen atoms in total. The van der Waals surface area contributed by atoms with Crippen LogP contribution in [0, 0.1) is 34.5 Å². The van der Waals surface area contributed by atoms with Crippen molar-refractivity contribution in [3.63, 3.8) is 0 Å². The van der Waals surface area contributed by atoms with Crippen LogP contribution in [0.5, 0.6) is 0 Å². The Hall–Kier alpha value is -0.340. The van der Waals surface area contributed by atoms with Crippen molar-refractivity contribution in [3.8, 4) is 0 Å². The molecule has 0 saturated heterocycles. The lowest BCUT2D eigenvalue weighted by Gasteiger charge is -2.58. The summed E-state index contributed by atoms with van der Waals surface area (Å²) in [5.74, 6) is 3.31. The molecule has 130 valence electrons. The van der Waals surface area contributed by atoms with E-state index in [1.807, 2.05) is 0 Å². The zero-order valence-electron chi connectivity index (χ0n) is 15.2. The van der Waals surface area contributed by atoms with E-state index < -0.39 is 0 Å². The SMILES string of the molecule is C[C@H](N)[C@H]1CC[C@H]2[C@@H]3CC=C4C[C@@H](O)CC[C@]4(C)[C@H]3CC[C@]12C. The molecule has 0 aromatic rings. The van der Waals surface area contributed by atoms with E-state index >= 15 is 0 Å². The minimum atomic E-state index is -0.0892. The van der Waals surface area contributed by atoms with Gasteiger partial charge in [-0.05, 0) is 92.8 Å². The first-order valence-electron chi connectivity index (χ1n) is 9.99. The van der Waals surface area contributed by atoms with E-state index in [1.165, 1.54) is 38.5 Å². The molecule has 0 aliphatic heterocycles. The Labute approximate surface area is 141 Å². The quantitative estimate of drug-likeness (QED) is 0.709. The van der Waals surface area contributed by atoms with E-state index in [2.05, 4.69) is 26.8 Å². The second-order valence-electron chi connectivity index (χ2n) is 9.74. The van der Waals surface area contributed by atoms with Crippen LogP contribution >= 0.6 is 0 Å². The second-order valence-corrected chi connectivity index (χ2v) is 9.74. The highest BCUT2D eigenvalue weighted by atomic mass is 16.3. The van der Waals surface area contributed by atoms with Crippen LogP contribution in [0.2, 0.25) is 0 Å². The van der Waals surface area contributed by atoms with Gasteiger partial charge in [0, 0.05) is 6.04 Å². The molecule has 4 rings (SSSR count). The highest BCUT2D eigenvalue weighted by molar-refractivity contribution is 5.25. The number of aliphatic hydroxyl groups excluding tert-OH is 1. The number of hydrogen-bond acceptors (Lipinski definition) is 2. The summed E-state index contributed by atoms with van der Waals surface area (Å²) in [6.45, 7) is 7.30. The number of allylic oxidation sites excluding steroid dienone is 1. The van der Waals surface area contributed by atoms with Crippen molar-refractivity contribution < 1.29 is 5.11 Å². The predicted octanol–water partition coefficient (Wildman–Crippen LogP) is 4.27. The highest BCUT2D eigenvalue weighted by Gasteiger charge is 2.58. The maximum atomic E-state index is 10.1. The molecule has 3 saturated carbocycles. The lowest BCUT2D eigenvalue weighted by atomic mass is 9.47. The van der Waals surface area contributed by atoms with Gasteiger partial charge < -0.3 is 10.8 Å². The third-order valence-corrected chi connectivity index (χ3v) is 8.79. The fourth-order valence-electron chi connectivity index (χ4n) is 7.55. The van der Waals surface area contributed by atoms with Crippen molar-refractivity contribution in [2.24, 2.45) is 40.2 Å². The summed E-state index contributed by atoms with van der Waals surface area (Å²) in [5.41, 5.74) is 8.80. The number of fused-ring (bicyclic) bond motifs is 5. The molecule has 0 amide bonds. The van der Waals surface area contributed by atoms with Crippen molar-refractivity contribution >= 4 is 0 Å². The monoisotopic (exact) mass is 317 g/mol. The first-order valence-corrected chi connectivity index (χ1v) is 9.99. The molecular weight excluding hydrogens is 282 g/mol. The third kappa shape index (κ3) is 2.20. The van der Waals surface area contributed by atoms with Gasteiger partial charge >= 0.3 is 0 Å². The molecule has 23 heavy (non-hydrogen) atoms. The minimum Gasteiger partial charge on any atom is -0.393 e. The number of rotatable bonds is 1. The summed E-state index contributed by atoms with van der Waals surface area (Å²) in [7, 11) is 0. The van der Waals surface area contributed by atoms with Crippen LogP contribution < -0.4 is 5.73 Å². The lowest BCUT2D eigenvalue weighted by Crippen LogP contribution is -2.51. The number of hydrogen-bond donors (Lipinski definition) is 2. The van der Waals surface area contributed by atoms with Crippen LogP contribution in [0.1, 0.15) is 72.1 Å². The normalized spacial score (nSPS) is 53.8. The maximum Gasteiger partial charge on any atom is 0.0577 e. The van der Waals surface area contributed by atoms with Gasteiger partial charge in [-0.15, -0.1) is 0 Å². The van der Waals surface area contributed by atoms with Gasteiger partial charge in [0.05, 0.1) is 6.10 Å². The molecule has 0 bridgehead atoms. The minimum absolute atomic E-state index is 0.0892. The molecule has 3 N–H and O–H groups in total. The first-order chi connectivity index (χ1) is 10.9.